The van der Waals surface area contributed by atoms with E-state index in [0.717, 1.165) is 25.1 Å². The molecule has 1 aliphatic heterocycles. The molecule has 2 atom stereocenters. The molecule has 4 heteroatoms. The average molecular weight is 262 g/mol. The van der Waals surface area contributed by atoms with Crippen LogP contribution in [-0.4, -0.2) is 42.7 Å². The highest BCUT2D eigenvalue weighted by Gasteiger charge is 2.41. The van der Waals surface area contributed by atoms with E-state index in [-0.39, 0.29) is 0 Å². The van der Waals surface area contributed by atoms with Crippen molar-refractivity contribution in [3.05, 3.63) is 35.9 Å². The van der Waals surface area contributed by atoms with Crippen LogP contribution < -0.4 is 5.32 Å². The molecule has 2 N–H and O–H groups in total. The lowest BCUT2D eigenvalue weighted by Gasteiger charge is -2.33. The maximum atomic E-state index is 11.8. The summed E-state index contributed by atoms with van der Waals surface area (Å²) in [6, 6.07) is 9.44. The number of benzene rings is 1. The van der Waals surface area contributed by atoms with Crippen LogP contribution in [-0.2, 0) is 10.3 Å². The Morgan fingerprint density at radius 1 is 1.47 bits per heavy atom. The van der Waals surface area contributed by atoms with Gasteiger partial charge >= 0.3 is 5.97 Å². The molecular weight excluding hydrogens is 240 g/mol. The molecule has 0 radical (unpaired) electrons. The monoisotopic (exact) mass is 262 g/mol. The molecule has 0 saturated carbocycles. The molecule has 1 saturated heterocycles. The van der Waals surface area contributed by atoms with Crippen molar-refractivity contribution < 1.29 is 9.90 Å². The quantitative estimate of drug-likeness (QED) is 0.845. The summed E-state index contributed by atoms with van der Waals surface area (Å²) in [4.78, 5) is 14.1. The first-order valence-electron chi connectivity index (χ1n) is 6.78. The Bertz CT molecular complexity index is 435. The molecule has 0 spiro atoms. The van der Waals surface area contributed by atoms with Crippen LogP contribution in [0.15, 0.2) is 30.3 Å². The van der Waals surface area contributed by atoms with Crippen molar-refractivity contribution in [3.63, 3.8) is 0 Å². The van der Waals surface area contributed by atoms with Crippen LogP contribution in [0.25, 0.3) is 0 Å². The Balaban J connectivity index is 2.27. The molecule has 1 fully saturated rings. The second-order valence-corrected chi connectivity index (χ2v) is 5.46. The number of likely N-dealkylation sites (N-methyl/N-ethyl adjacent to an activating group) is 1. The first kappa shape index (κ1) is 14.0. The zero-order chi connectivity index (χ0) is 13.9. The summed E-state index contributed by atoms with van der Waals surface area (Å²) in [6.45, 7) is 4.67. The van der Waals surface area contributed by atoms with E-state index in [1.807, 2.05) is 30.3 Å². The minimum atomic E-state index is -1.02. The van der Waals surface area contributed by atoms with Gasteiger partial charge in [0.15, 0.2) is 5.54 Å². The van der Waals surface area contributed by atoms with Crippen LogP contribution >= 0.6 is 0 Å². The van der Waals surface area contributed by atoms with E-state index in [9.17, 15) is 9.90 Å². The number of carboxylic acid groups (broad SMARTS) is 1. The molecule has 4 nitrogen and oxygen atoms in total. The van der Waals surface area contributed by atoms with Crippen molar-refractivity contribution in [2.24, 2.45) is 5.92 Å². The van der Waals surface area contributed by atoms with Crippen LogP contribution in [0.1, 0.15) is 18.9 Å². The fourth-order valence-electron chi connectivity index (χ4n) is 2.84. The molecule has 0 amide bonds. The van der Waals surface area contributed by atoms with E-state index in [4.69, 9.17) is 0 Å². The molecule has 1 aromatic rings. The van der Waals surface area contributed by atoms with Gasteiger partial charge in [0, 0.05) is 13.1 Å². The number of nitrogens with one attached hydrogen (secondary N) is 1. The Kier molecular flexibility index (Phi) is 4.22. The van der Waals surface area contributed by atoms with Gasteiger partial charge in [0.2, 0.25) is 0 Å². The average Bonchev–Trinajstić information content (AvgIpc) is 2.82. The predicted octanol–water partition coefficient (Wildman–Crippen LogP) is 1.53. The first-order valence-corrected chi connectivity index (χ1v) is 6.78. The van der Waals surface area contributed by atoms with Gasteiger partial charge in [-0.1, -0.05) is 37.3 Å². The highest BCUT2D eigenvalue weighted by Crippen LogP contribution is 2.26. The number of hydrogen-bond donors (Lipinski definition) is 2. The van der Waals surface area contributed by atoms with Crippen molar-refractivity contribution in [1.29, 1.82) is 0 Å². The number of nitrogens with zero attached hydrogens (tertiary/aromatic N) is 1. The van der Waals surface area contributed by atoms with Gasteiger partial charge in [-0.05, 0) is 31.5 Å². The minimum Gasteiger partial charge on any atom is -0.480 e. The number of likely N-dealkylation sites (tertiary alicyclic amines) is 1. The van der Waals surface area contributed by atoms with Crippen LogP contribution in [0.3, 0.4) is 0 Å². The highest BCUT2D eigenvalue weighted by atomic mass is 16.4. The van der Waals surface area contributed by atoms with Gasteiger partial charge in [0.1, 0.15) is 0 Å². The summed E-state index contributed by atoms with van der Waals surface area (Å²) in [6.07, 6.45) is 1.15. The van der Waals surface area contributed by atoms with Crippen molar-refractivity contribution in [2.45, 2.75) is 18.9 Å². The fraction of sp³-hybridized carbons (Fsp3) is 0.533. The number of carboxylic acids is 1. The van der Waals surface area contributed by atoms with Crippen LogP contribution in [0.4, 0.5) is 0 Å². The topological polar surface area (TPSA) is 52.6 Å². The first-order chi connectivity index (χ1) is 9.08. The Hall–Kier alpha value is -1.39. The van der Waals surface area contributed by atoms with Gasteiger partial charge in [0.05, 0.1) is 0 Å². The fourth-order valence-corrected chi connectivity index (χ4v) is 2.84. The molecule has 0 aliphatic carbocycles. The van der Waals surface area contributed by atoms with Crippen LogP contribution in [0, 0.1) is 5.92 Å². The highest BCUT2D eigenvalue weighted by molar-refractivity contribution is 5.81. The van der Waals surface area contributed by atoms with Crippen molar-refractivity contribution in [3.8, 4) is 0 Å². The van der Waals surface area contributed by atoms with Gasteiger partial charge in [-0.15, -0.1) is 0 Å². The SMILES string of the molecule is CNC(CN1CCC(C)C1)(C(=O)O)c1ccccc1. The molecule has 104 valence electrons. The smallest absolute Gasteiger partial charge is 0.329 e. The number of rotatable bonds is 5. The molecule has 0 bridgehead atoms. The largest absolute Gasteiger partial charge is 0.480 e. The van der Waals surface area contributed by atoms with E-state index in [0.29, 0.717) is 12.5 Å². The lowest BCUT2D eigenvalue weighted by molar-refractivity contribution is -0.146. The minimum absolute atomic E-state index is 0.507. The zero-order valence-corrected chi connectivity index (χ0v) is 11.6. The summed E-state index contributed by atoms with van der Waals surface area (Å²) < 4.78 is 0. The lowest BCUT2D eigenvalue weighted by atomic mass is 9.89. The van der Waals surface area contributed by atoms with Crippen molar-refractivity contribution in [1.82, 2.24) is 10.2 Å². The predicted molar refractivity (Wildman–Crippen MR) is 75.0 cm³/mol. The molecule has 1 heterocycles. The Labute approximate surface area is 114 Å². The number of carbonyl (C=O) groups is 1. The molecule has 2 rings (SSSR count). The van der Waals surface area contributed by atoms with E-state index >= 15 is 0 Å². The summed E-state index contributed by atoms with van der Waals surface area (Å²) >= 11 is 0. The molecule has 0 aromatic heterocycles. The molecule has 2 unspecified atom stereocenters. The Morgan fingerprint density at radius 2 is 2.16 bits per heavy atom. The number of aliphatic carboxylic acids is 1. The van der Waals surface area contributed by atoms with E-state index in [2.05, 4.69) is 17.1 Å². The maximum absolute atomic E-state index is 11.8. The Morgan fingerprint density at radius 3 is 2.63 bits per heavy atom. The van der Waals surface area contributed by atoms with E-state index in [1.54, 1.807) is 7.05 Å². The molecular formula is C15H22N2O2. The summed E-state index contributed by atoms with van der Waals surface area (Å²) in [5.41, 5.74) is -0.213. The summed E-state index contributed by atoms with van der Waals surface area (Å²) in [5.74, 6) is -0.167. The maximum Gasteiger partial charge on any atom is 0.329 e. The van der Waals surface area contributed by atoms with E-state index in [1.165, 1.54) is 0 Å². The van der Waals surface area contributed by atoms with Crippen molar-refractivity contribution >= 4 is 5.97 Å². The van der Waals surface area contributed by atoms with Crippen molar-refractivity contribution in [2.75, 3.05) is 26.7 Å². The molecule has 19 heavy (non-hydrogen) atoms. The molecule has 1 aromatic carbocycles. The van der Waals surface area contributed by atoms with Gasteiger partial charge in [-0.3, -0.25) is 0 Å². The summed E-state index contributed by atoms with van der Waals surface area (Å²) in [5, 5.41) is 12.7. The van der Waals surface area contributed by atoms with Gasteiger partial charge in [-0.2, -0.15) is 0 Å². The van der Waals surface area contributed by atoms with E-state index < -0.39 is 11.5 Å². The zero-order valence-electron chi connectivity index (χ0n) is 11.6. The molecule has 1 aliphatic rings. The van der Waals surface area contributed by atoms with Gasteiger partial charge < -0.3 is 15.3 Å². The third kappa shape index (κ3) is 2.80. The van der Waals surface area contributed by atoms with Gasteiger partial charge in [-0.25, -0.2) is 4.79 Å². The number of hydrogen-bond acceptors (Lipinski definition) is 3. The van der Waals surface area contributed by atoms with Crippen LogP contribution in [0.2, 0.25) is 0 Å². The normalized spacial score (nSPS) is 23.2. The summed E-state index contributed by atoms with van der Waals surface area (Å²) in [7, 11) is 1.72. The lowest BCUT2D eigenvalue weighted by Crippen LogP contribution is -2.54. The van der Waals surface area contributed by atoms with Gasteiger partial charge in [0.25, 0.3) is 0 Å². The van der Waals surface area contributed by atoms with Crippen LogP contribution in [0.5, 0.6) is 0 Å². The second kappa shape index (κ2) is 5.72. The third-order valence-corrected chi connectivity index (χ3v) is 4.03. The second-order valence-electron chi connectivity index (χ2n) is 5.46. The third-order valence-electron chi connectivity index (χ3n) is 4.03. The standard InChI is InChI=1S/C15H22N2O2/c1-12-8-9-17(10-12)11-15(16-2,14(18)19)13-6-4-3-5-7-13/h3-7,12,16H,8-11H2,1-2H3,(H,18,19).